The second-order valence-corrected chi connectivity index (χ2v) is 9.80. The number of para-hydroxylation sites is 1. The van der Waals surface area contributed by atoms with Crippen molar-refractivity contribution in [2.24, 2.45) is 5.92 Å². The Morgan fingerprint density at radius 3 is 2.50 bits per heavy atom. The Labute approximate surface area is 211 Å². The molecular weight excluding hydrogens is 458 g/mol. The molecular formula is C28H33N3O5. The zero-order valence-corrected chi connectivity index (χ0v) is 20.9. The van der Waals surface area contributed by atoms with Crippen LogP contribution in [-0.2, 0) is 9.59 Å². The van der Waals surface area contributed by atoms with Crippen molar-refractivity contribution >= 4 is 29.1 Å². The average molecular weight is 492 g/mol. The monoisotopic (exact) mass is 491 g/mol. The average Bonchev–Trinajstić information content (AvgIpc) is 3.51. The lowest BCUT2D eigenvalue weighted by Crippen LogP contribution is -2.48. The molecule has 2 aromatic carbocycles. The number of likely N-dealkylation sites (tertiary alicyclic amines) is 1. The summed E-state index contributed by atoms with van der Waals surface area (Å²) < 4.78 is 10.9. The fraction of sp³-hybridized carbons (Fsp3) is 0.464. The number of methoxy groups -OCH3 is 2. The van der Waals surface area contributed by atoms with Crippen LogP contribution in [0.2, 0.25) is 0 Å². The molecule has 2 saturated heterocycles. The molecule has 0 bridgehead atoms. The third-order valence-electron chi connectivity index (χ3n) is 7.77. The van der Waals surface area contributed by atoms with Crippen LogP contribution in [0.5, 0.6) is 11.5 Å². The number of carbonyl (C=O) groups is 3. The molecule has 3 aliphatic rings. The van der Waals surface area contributed by atoms with Crippen molar-refractivity contribution in [1.82, 2.24) is 4.90 Å². The first-order valence-electron chi connectivity index (χ1n) is 12.8. The van der Waals surface area contributed by atoms with Gasteiger partial charge in [-0.3, -0.25) is 14.4 Å². The molecule has 0 aromatic heterocycles. The quantitative estimate of drug-likeness (QED) is 0.653. The molecule has 3 amide bonds. The zero-order valence-electron chi connectivity index (χ0n) is 20.9. The van der Waals surface area contributed by atoms with E-state index in [1.807, 2.05) is 12.1 Å². The normalized spacial score (nSPS) is 23.4. The first-order valence-corrected chi connectivity index (χ1v) is 12.8. The number of hydrogen-bond donors (Lipinski definition) is 1. The summed E-state index contributed by atoms with van der Waals surface area (Å²) in [5.74, 6) is 1.07. The Kier molecular flexibility index (Phi) is 6.85. The molecule has 8 heteroatoms. The summed E-state index contributed by atoms with van der Waals surface area (Å²) in [6, 6.07) is 12.0. The zero-order chi connectivity index (χ0) is 25.2. The van der Waals surface area contributed by atoms with E-state index in [4.69, 9.17) is 9.47 Å². The number of ether oxygens (including phenoxy) is 2. The minimum atomic E-state index is -0.575. The van der Waals surface area contributed by atoms with Gasteiger partial charge in [-0.15, -0.1) is 0 Å². The van der Waals surface area contributed by atoms with Crippen LogP contribution >= 0.6 is 0 Å². The summed E-state index contributed by atoms with van der Waals surface area (Å²) in [5, 5.41) is 3.03. The van der Waals surface area contributed by atoms with Crippen LogP contribution in [0.25, 0.3) is 0 Å². The van der Waals surface area contributed by atoms with E-state index in [-0.39, 0.29) is 23.8 Å². The highest BCUT2D eigenvalue weighted by Gasteiger charge is 2.48. The molecule has 3 atom stereocenters. The van der Waals surface area contributed by atoms with Crippen LogP contribution in [0.3, 0.4) is 0 Å². The summed E-state index contributed by atoms with van der Waals surface area (Å²) in [6.07, 6.45) is 6.04. The van der Waals surface area contributed by atoms with Gasteiger partial charge >= 0.3 is 0 Å². The highest BCUT2D eigenvalue weighted by atomic mass is 16.5. The number of carbonyl (C=O) groups excluding carboxylic acids is 3. The molecule has 5 rings (SSSR count). The number of nitrogens with one attached hydrogen (secondary N) is 1. The maximum atomic E-state index is 13.8. The van der Waals surface area contributed by atoms with Crippen molar-refractivity contribution in [3.8, 4) is 11.5 Å². The number of hydrogen-bond acceptors (Lipinski definition) is 5. The van der Waals surface area contributed by atoms with Gasteiger partial charge in [-0.25, -0.2) is 0 Å². The lowest BCUT2D eigenvalue weighted by Gasteiger charge is -2.34. The summed E-state index contributed by atoms with van der Waals surface area (Å²) >= 11 is 0. The lowest BCUT2D eigenvalue weighted by atomic mass is 9.84. The molecule has 2 heterocycles. The third kappa shape index (κ3) is 4.40. The van der Waals surface area contributed by atoms with Crippen LogP contribution in [0, 0.1) is 5.92 Å². The second kappa shape index (κ2) is 10.2. The molecule has 0 radical (unpaired) electrons. The SMILES string of the molecule is COc1ccccc1C(=O)N1C(C(=O)Nc2ccc(OC)c(N3CCCC3=O)c2)CC2CCCCC21. The van der Waals surface area contributed by atoms with Crippen molar-refractivity contribution < 1.29 is 23.9 Å². The first-order chi connectivity index (χ1) is 17.5. The van der Waals surface area contributed by atoms with E-state index < -0.39 is 6.04 Å². The minimum absolute atomic E-state index is 0.0422. The molecule has 190 valence electrons. The minimum Gasteiger partial charge on any atom is -0.496 e. The van der Waals surface area contributed by atoms with Gasteiger partial charge in [0.2, 0.25) is 11.8 Å². The fourth-order valence-electron chi connectivity index (χ4n) is 6.05. The van der Waals surface area contributed by atoms with Gasteiger partial charge in [-0.05, 0) is 61.9 Å². The van der Waals surface area contributed by atoms with Gasteiger partial charge in [0.15, 0.2) is 0 Å². The maximum Gasteiger partial charge on any atom is 0.258 e. The Hall–Kier alpha value is -3.55. The number of amides is 3. The molecule has 3 fully saturated rings. The predicted octanol–water partition coefficient (Wildman–Crippen LogP) is 4.24. The summed E-state index contributed by atoms with van der Waals surface area (Å²) in [5.41, 5.74) is 1.71. The first kappa shape index (κ1) is 24.2. The van der Waals surface area contributed by atoms with Gasteiger partial charge < -0.3 is 24.6 Å². The van der Waals surface area contributed by atoms with E-state index in [1.54, 1.807) is 54.4 Å². The number of rotatable bonds is 6. The Balaban J connectivity index is 1.42. The van der Waals surface area contributed by atoms with Gasteiger partial charge in [-0.2, -0.15) is 0 Å². The van der Waals surface area contributed by atoms with E-state index >= 15 is 0 Å². The summed E-state index contributed by atoms with van der Waals surface area (Å²) in [6.45, 7) is 0.625. The van der Waals surface area contributed by atoms with E-state index in [0.717, 1.165) is 32.1 Å². The maximum absolute atomic E-state index is 13.8. The number of fused-ring (bicyclic) bond motifs is 1. The molecule has 1 saturated carbocycles. The van der Waals surface area contributed by atoms with Crippen molar-refractivity contribution in [3.63, 3.8) is 0 Å². The number of anilines is 2. The van der Waals surface area contributed by atoms with Crippen molar-refractivity contribution in [2.75, 3.05) is 31.0 Å². The van der Waals surface area contributed by atoms with Crippen molar-refractivity contribution in [1.29, 1.82) is 0 Å². The number of nitrogens with zero attached hydrogens (tertiary/aromatic N) is 2. The molecule has 1 aliphatic carbocycles. The molecule has 8 nitrogen and oxygen atoms in total. The van der Waals surface area contributed by atoms with Gasteiger partial charge in [-0.1, -0.05) is 25.0 Å². The highest BCUT2D eigenvalue weighted by Crippen LogP contribution is 2.42. The second-order valence-electron chi connectivity index (χ2n) is 9.80. The van der Waals surface area contributed by atoms with Crippen LogP contribution < -0.4 is 19.7 Å². The predicted molar refractivity (Wildman–Crippen MR) is 137 cm³/mol. The molecule has 1 N–H and O–H groups in total. The highest BCUT2D eigenvalue weighted by molar-refractivity contribution is 6.04. The van der Waals surface area contributed by atoms with Crippen LogP contribution in [0.1, 0.15) is 55.3 Å². The third-order valence-corrected chi connectivity index (χ3v) is 7.77. The van der Waals surface area contributed by atoms with Crippen LogP contribution in [0.15, 0.2) is 42.5 Å². The smallest absolute Gasteiger partial charge is 0.258 e. The summed E-state index contributed by atoms with van der Waals surface area (Å²) in [7, 11) is 3.12. The summed E-state index contributed by atoms with van der Waals surface area (Å²) in [4.78, 5) is 43.3. The standard InChI is InChI=1S/C28H33N3O5/c1-35-24-11-6-4-9-20(24)28(34)31-21-10-5-3-8-18(21)16-23(31)27(33)29-19-13-14-25(36-2)22(17-19)30-15-7-12-26(30)32/h4,6,9,11,13-14,17-18,21,23H,3,5,7-8,10,12,15-16H2,1-2H3,(H,29,33). The lowest BCUT2D eigenvalue weighted by molar-refractivity contribution is -0.120. The fourth-order valence-corrected chi connectivity index (χ4v) is 6.05. The van der Waals surface area contributed by atoms with E-state index in [9.17, 15) is 14.4 Å². The Morgan fingerprint density at radius 1 is 0.972 bits per heavy atom. The largest absolute Gasteiger partial charge is 0.496 e. The van der Waals surface area contributed by atoms with E-state index in [0.29, 0.717) is 53.7 Å². The molecule has 2 aromatic rings. The Bertz CT molecular complexity index is 1170. The van der Waals surface area contributed by atoms with E-state index in [1.165, 1.54) is 0 Å². The number of benzene rings is 2. The topological polar surface area (TPSA) is 88.2 Å². The molecule has 0 spiro atoms. The van der Waals surface area contributed by atoms with Crippen LogP contribution in [0.4, 0.5) is 11.4 Å². The van der Waals surface area contributed by atoms with Gasteiger partial charge in [0.25, 0.3) is 5.91 Å². The molecule has 2 aliphatic heterocycles. The molecule has 36 heavy (non-hydrogen) atoms. The van der Waals surface area contributed by atoms with Crippen LogP contribution in [-0.4, -0.2) is 55.5 Å². The van der Waals surface area contributed by atoms with Gasteiger partial charge in [0, 0.05) is 24.7 Å². The van der Waals surface area contributed by atoms with Crippen molar-refractivity contribution in [3.05, 3.63) is 48.0 Å². The van der Waals surface area contributed by atoms with Gasteiger partial charge in [0.1, 0.15) is 17.5 Å². The molecule has 3 unspecified atom stereocenters. The van der Waals surface area contributed by atoms with E-state index in [2.05, 4.69) is 5.32 Å². The Morgan fingerprint density at radius 2 is 1.75 bits per heavy atom. The van der Waals surface area contributed by atoms with Gasteiger partial charge in [0.05, 0.1) is 25.5 Å². The van der Waals surface area contributed by atoms with Crippen molar-refractivity contribution in [2.45, 2.75) is 57.0 Å².